The Balaban J connectivity index is 3.46. The summed E-state index contributed by atoms with van der Waals surface area (Å²) in [7, 11) is 0. The smallest absolute Gasteiger partial charge is 0.255 e. The molecule has 0 bridgehead atoms. The lowest BCUT2D eigenvalue weighted by Crippen LogP contribution is -2.24. The first kappa shape index (κ1) is 7.17. The summed E-state index contributed by atoms with van der Waals surface area (Å²) in [5.41, 5.74) is 5.05. The van der Waals surface area contributed by atoms with E-state index >= 15 is 0 Å². The molecular weight excluding hydrogens is 150 g/mol. The molecule has 0 fully saturated rings. The maximum atomic E-state index is 10.9. The second-order valence-corrected chi connectivity index (χ2v) is 2.12. The SMILES string of the molecule is NCn1c(=O)cc[nH]c1=S. The van der Waals surface area contributed by atoms with Crippen LogP contribution in [-0.2, 0) is 6.67 Å². The van der Waals surface area contributed by atoms with Crippen molar-refractivity contribution in [1.82, 2.24) is 9.55 Å². The molecule has 0 unspecified atom stereocenters. The molecule has 0 saturated heterocycles. The molecule has 54 valence electrons. The van der Waals surface area contributed by atoms with Gasteiger partial charge in [-0.15, -0.1) is 0 Å². The van der Waals surface area contributed by atoms with Gasteiger partial charge in [0.05, 0.1) is 6.67 Å². The van der Waals surface area contributed by atoms with Crippen LogP contribution in [0.15, 0.2) is 17.1 Å². The molecule has 0 saturated carbocycles. The van der Waals surface area contributed by atoms with Crippen molar-refractivity contribution < 1.29 is 0 Å². The molecule has 0 spiro atoms. The summed E-state index contributed by atoms with van der Waals surface area (Å²) in [5, 5.41) is 0. The summed E-state index contributed by atoms with van der Waals surface area (Å²) < 4.78 is 1.63. The van der Waals surface area contributed by atoms with E-state index in [1.165, 1.54) is 16.8 Å². The minimum absolute atomic E-state index is 0.120. The molecule has 10 heavy (non-hydrogen) atoms. The molecule has 0 aliphatic heterocycles. The minimum atomic E-state index is -0.175. The number of nitrogens with two attached hydrogens (primary N) is 1. The van der Waals surface area contributed by atoms with Crippen molar-refractivity contribution in [3.63, 3.8) is 0 Å². The summed E-state index contributed by atoms with van der Waals surface area (Å²) in [6.07, 6.45) is 1.50. The second-order valence-electron chi connectivity index (χ2n) is 1.73. The van der Waals surface area contributed by atoms with Gasteiger partial charge in [0.2, 0.25) is 0 Å². The van der Waals surface area contributed by atoms with Crippen LogP contribution in [0.2, 0.25) is 0 Å². The molecule has 1 heterocycles. The first-order chi connectivity index (χ1) is 4.75. The minimum Gasteiger partial charge on any atom is -0.339 e. The highest BCUT2D eigenvalue weighted by atomic mass is 32.1. The molecule has 1 rings (SSSR count). The van der Waals surface area contributed by atoms with E-state index in [1.807, 2.05) is 0 Å². The van der Waals surface area contributed by atoms with E-state index in [4.69, 9.17) is 18.0 Å². The van der Waals surface area contributed by atoms with Gasteiger partial charge in [-0.3, -0.25) is 9.36 Å². The standard InChI is InChI=1S/C5H7N3OS/c6-3-8-4(9)1-2-7-5(8)10/h1-2H,3,6H2,(H,7,10). The number of nitrogens with zero attached hydrogens (tertiary/aromatic N) is 1. The summed E-state index contributed by atoms with van der Waals surface area (Å²) >= 11 is 4.77. The monoisotopic (exact) mass is 157 g/mol. The Kier molecular flexibility index (Phi) is 1.98. The van der Waals surface area contributed by atoms with E-state index in [2.05, 4.69) is 4.98 Å². The van der Waals surface area contributed by atoms with E-state index in [0.717, 1.165) is 0 Å². The van der Waals surface area contributed by atoms with Gasteiger partial charge in [0, 0.05) is 12.3 Å². The summed E-state index contributed by atoms with van der Waals surface area (Å²) in [6.45, 7) is 0.120. The first-order valence-electron chi connectivity index (χ1n) is 2.74. The zero-order chi connectivity index (χ0) is 7.56. The largest absolute Gasteiger partial charge is 0.339 e. The number of nitrogens with one attached hydrogen (secondary N) is 1. The lowest BCUT2D eigenvalue weighted by Gasteiger charge is -1.97. The number of hydrogen-bond acceptors (Lipinski definition) is 3. The summed E-state index contributed by atoms with van der Waals surface area (Å²) in [4.78, 5) is 13.6. The van der Waals surface area contributed by atoms with Crippen molar-refractivity contribution in [3.05, 3.63) is 27.4 Å². The highest BCUT2D eigenvalue weighted by Crippen LogP contribution is 1.77. The zero-order valence-electron chi connectivity index (χ0n) is 5.20. The van der Waals surface area contributed by atoms with Gasteiger partial charge in [-0.25, -0.2) is 0 Å². The van der Waals surface area contributed by atoms with Gasteiger partial charge in [0.15, 0.2) is 4.77 Å². The fourth-order valence-electron chi connectivity index (χ4n) is 0.625. The number of rotatable bonds is 1. The highest BCUT2D eigenvalue weighted by Gasteiger charge is 1.90. The van der Waals surface area contributed by atoms with E-state index in [1.54, 1.807) is 0 Å². The van der Waals surface area contributed by atoms with Gasteiger partial charge in [-0.2, -0.15) is 0 Å². The molecule has 1 aromatic heterocycles. The molecule has 0 radical (unpaired) electrons. The fraction of sp³-hybridized carbons (Fsp3) is 0.200. The maximum Gasteiger partial charge on any atom is 0.255 e. The third-order valence-corrected chi connectivity index (χ3v) is 1.46. The van der Waals surface area contributed by atoms with Crippen LogP contribution in [0.5, 0.6) is 0 Å². The van der Waals surface area contributed by atoms with Gasteiger partial charge >= 0.3 is 0 Å². The van der Waals surface area contributed by atoms with Gasteiger partial charge in [-0.1, -0.05) is 0 Å². The van der Waals surface area contributed by atoms with Crippen molar-refractivity contribution in [2.45, 2.75) is 6.67 Å². The van der Waals surface area contributed by atoms with Crippen molar-refractivity contribution in [3.8, 4) is 0 Å². The van der Waals surface area contributed by atoms with E-state index in [-0.39, 0.29) is 12.2 Å². The molecule has 1 aromatic rings. The van der Waals surface area contributed by atoms with Crippen LogP contribution in [0.4, 0.5) is 0 Å². The Bertz CT molecular complexity index is 298. The van der Waals surface area contributed by atoms with Crippen LogP contribution in [0.3, 0.4) is 0 Å². The van der Waals surface area contributed by atoms with E-state index < -0.39 is 0 Å². The number of aromatic amines is 1. The normalized spacial score (nSPS) is 9.70. The average Bonchev–Trinajstić information content (AvgIpc) is 1.88. The molecule has 0 amide bonds. The summed E-state index contributed by atoms with van der Waals surface area (Å²) in [5.74, 6) is 0. The van der Waals surface area contributed by atoms with Crippen molar-refractivity contribution in [2.75, 3.05) is 0 Å². The molecule has 0 aliphatic carbocycles. The first-order valence-corrected chi connectivity index (χ1v) is 3.15. The molecule has 5 heteroatoms. The van der Waals surface area contributed by atoms with Crippen LogP contribution in [0, 0.1) is 4.77 Å². The molecule has 4 nitrogen and oxygen atoms in total. The third kappa shape index (κ3) is 1.14. The van der Waals surface area contributed by atoms with Crippen LogP contribution in [-0.4, -0.2) is 9.55 Å². The zero-order valence-corrected chi connectivity index (χ0v) is 6.02. The Morgan fingerprint density at radius 2 is 2.50 bits per heavy atom. The fourth-order valence-corrected chi connectivity index (χ4v) is 0.858. The summed E-state index contributed by atoms with van der Waals surface area (Å²) in [6, 6.07) is 1.38. The second kappa shape index (κ2) is 2.76. The Labute approximate surface area is 62.3 Å². The molecule has 3 N–H and O–H groups in total. The Morgan fingerprint density at radius 3 is 2.90 bits per heavy atom. The number of hydrogen-bond donors (Lipinski definition) is 2. The average molecular weight is 157 g/mol. The van der Waals surface area contributed by atoms with Gasteiger partial charge in [0.25, 0.3) is 5.56 Å². The van der Waals surface area contributed by atoms with Crippen LogP contribution >= 0.6 is 12.2 Å². The van der Waals surface area contributed by atoms with Crippen molar-refractivity contribution >= 4 is 12.2 Å². The van der Waals surface area contributed by atoms with Gasteiger partial charge in [-0.05, 0) is 12.2 Å². The molecule has 0 atom stereocenters. The topological polar surface area (TPSA) is 63.8 Å². The van der Waals surface area contributed by atoms with Crippen LogP contribution in [0.25, 0.3) is 0 Å². The predicted octanol–water partition coefficient (Wildman–Crippen LogP) is -0.178. The Morgan fingerprint density at radius 1 is 1.80 bits per heavy atom. The van der Waals surface area contributed by atoms with Crippen molar-refractivity contribution in [1.29, 1.82) is 0 Å². The molecular formula is C5H7N3OS. The lowest BCUT2D eigenvalue weighted by atomic mass is 10.6. The Hall–Kier alpha value is -0.940. The van der Waals surface area contributed by atoms with Crippen LogP contribution < -0.4 is 11.3 Å². The van der Waals surface area contributed by atoms with Crippen LogP contribution in [0.1, 0.15) is 0 Å². The quantitative estimate of drug-likeness (QED) is 0.556. The predicted molar refractivity (Wildman–Crippen MR) is 40.1 cm³/mol. The number of aromatic nitrogens is 2. The van der Waals surface area contributed by atoms with E-state index in [0.29, 0.717) is 4.77 Å². The molecule has 0 aliphatic rings. The highest BCUT2D eigenvalue weighted by molar-refractivity contribution is 7.71. The van der Waals surface area contributed by atoms with Crippen molar-refractivity contribution in [2.24, 2.45) is 5.73 Å². The van der Waals surface area contributed by atoms with Gasteiger partial charge < -0.3 is 10.7 Å². The van der Waals surface area contributed by atoms with E-state index in [9.17, 15) is 4.79 Å². The van der Waals surface area contributed by atoms with Gasteiger partial charge in [0.1, 0.15) is 0 Å². The third-order valence-electron chi connectivity index (χ3n) is 1.13. The maximum absolute atomic E-state index is 10.9. The molecule has 0 aromatic carbocycles. The number of H-pyrrole nitrogens is 1. The lowest BCUT2D eigenvalue weighted by molar-refractivity contribution is 0.670.